The van der Waals surface area contributed by atoms with Crippen molar-refractivity contribution >= 4 is 17.4 Å². The van der Waals surface area contributed by atoms with E-state index >= 15 is 0 Å². The molecule has 0 spiro atoms. The van der Waals surface area contributed by atoms with Crippen LogP contribution in [0.5, 0.6) is 11.5 Å². The van der Waals surface area contributed by atoms with Gasteiger partial charge in [0.15, 0.2) is 11.5 Å². The molecule has 0 fully saturated rings. The van der Waals surface area contributed by atoms with Crippen LogP contribution in [0.3, 0.4) is 0 Å². The fourth-order valence-electron chi connectivity index (χ4n) is 2.39. The van der Waals surface area contributed by atoms with Gasteiger partial charge in [0.2, 0.25) is 0 Å². The van der Waals surface area contributed by atoms with Crippen LogP contribution >= 0.6 is 0 Å². The molecule has 0 amide bonds. The van der Waals surface area contributed by atoms with Crippen molar-refractivity contribution in [2.24, 2.45) is 0 Å². The van der Waals surface area contributed by atoms with Crippen molar-refractivity contribution in [3.8, 4) is 11.5 Å². The van der Waals surface area contributed by atoms with Crippen molar-refractivity contribution in [2.45, 2.75) is 20.5 Å². The number of ether oxygens (including phenoxy) is 3. The third-order valence-corrected chi connectivity index (χ3v) is 3.74. The van der Waals surface area contributed by atoms with Gasteiger partial charge in [-0.1, -0.05) is 0 Å². The number of carbonyl (C=O) groups is 2. The summed E-state index contributed by atoms with van der Waals surface area (Å²) in [6.07, 6.45) is 0. The molecule has 0 saturated carbocycles. The lowest BCUT2D eigenvalue weighted by atomic mass is 10.1. The maximum atomic E-state index is 12.3. The largest absolute Gasteiger partial charge is 0.493 e. The van der Waals surface area contributed by atoms with Crippen LogP contribution in [0.15, 0.2) is 36.4 Å². The summed E-state index contributed by atoms with van der Waals surface area (Å²) >= 11 is 0. The van der Waals surface area contributed by atoms with E-state index in [0.29, 0.717) is 23.5 Å². The zero-order valence-electron chi connectivity index (χ0n) is 15.2. The minimum Gasteiger partial charge on any atom is -0.493 e. The number of methoxy groups -OCH3 is 1. The summed E-state index contributed by atoms with van der Waals surface area (Å²) in [4.78, 5) is 34.3. The van der Waals surface area contributed by atoms with Crippen molar-refractivity contribution in [3.05, 3.63) is 63.2 Å². The van der Waals surface area contributed by atoms with Gasteiger partial charge >= 0.3 is 11.7 Å². The van der Waals surface area contributed by atoms with Crippen LogP contribution in [-0.4, -0.2) is 30.4 Å². The number of nitro benzene ring substituents is 1. The Kier molecular flexibility index (Phi) is 6.48. The number of nitrogens with zero attached hydrogens (tertiary/aromatic N) is 1. The lowest BCUT2D eigenvalue weighted by Crippen LogP contribution is -2.08. The van der Waals surface area contributed by atoms with E-state index in [2.05, 4.69) is 0 Å². The van der Waals surface area contributed by atoms with Gasteiger partial charge in [-0.2, -0.15) is 0 Å². The predicted molar refractivity (Wildman–Crippen MR) is 96.4 cm³/mol. The van der Waals surface area contributed by atoms with Crippen molar-refractivity contribution in [2.75, 3.05) is 13.7 Å². The van der Waals surface area contributed by atoms with E-state index < -0.39 is 10.9 Å². The molecule has 0 aliphatic rings. The normalized spacial score (nSPS) is 10.2. The Bertz CT molecular complexity index is 876. The van der Waals surface area contributed by atoms with E-state index in [0.717, 1.165) is 6.07 Å². The fraction of sp³-hybridized carbons (Fsp3) is 0.263. The molecule has 0 bridgehead atoms. The summed E-state index contributed by atoms with van der Waals surface area (Å²) in [5.74, 6) is -0.326. The molecule has 0 aromatic heterocycles. The van der Waals surface area contributed by atoms with E-state index in [1.165, 1.54) is 26.2 Å². The highest BCUT2D eigenvalue weighted by Gasteiger charge is 2.19. The molecule has 0 atom stereocenters. The number of benzene rings is 2. The Balaban J connectivity index is 2.22. The monoisotopic (exact) mass is 373 g/mol. The number of hydrogen-bond donors (Lipinski definition) is 0. The third kappa shape index (κ3) is 4.81. The number of rotatable bonds is 8. The topological polar surface area (TPSA) is 105 Å². The Labute approximate surface area is 155 Å². The Hall–Kier alpha value is -3.42. The summed E-state index contributed by atoms with van der Waals surface area (Å²) in [6, 6.07) is 8.67. The van der Waals surface area contributed by atoms with E-state index in [1.54, 1.807) is 18.2 Å². The Morgan fingerprint density at radius 2 is 1.74 bits per heavy atom. The SMILES string of the molecule is CCOc1ccc(C(C)=O)cc1COC(=O)c1ccc(OC)c([N+](=O)[O-])c1. The first kappa shape index (κ1) is 19.9. The van der Waals surface area contributed by atoms with Crippen molar-refractivity contribution in [3.63, 3.8) is 0 Å². The molecule has 2 rings (SSSR count). The van der Waals surface area contributed by atoms with E-state index in [-0.39, 0.29) is 29.4 Å². The van der Waals surface area contributed by atoms with Gasteiger partial charge in [-0.05, 0) is 44.2 Å². The summed E-state index contributed by atoms with van der Waals surface area (Å²) in [6.45, 7) is 3.51. The number of ketones is 1. The second-order valence-corrected chi connectivity index (χ2v) is 5.53. The van der Waals surface area contributed by atoms with Crippen LogP contribution in [0.25, 0.3) is 0 Å². The zero-order valence-corrected chi connectivity index (χ0v) is 15.2. The predicted octanol–water partition coefficient (Wildman–Crippen LogP) is 3.56. The number of Topliss-reactive ketones (excluding diaryl/α,β-unsaturated/α-hetero) is 1. The smallest absolute Gasteiger partial charge is 0.338 e. The van der Waals surface area contributed by atoms with Crippen LogP contribution < -0.4 is 9.47 Å². The van der Waals surface area contributed by atoms with Crippen molar-refractivity contribution in [1.82, 2.24) is 0 Å². The minimum absolute atomic E-state index is 0.0168. The molecule has 0 heterocycles. The number of nitro groups is 1. The highest BCUT2D eigenvalue weighted by atomic mass is 16.6. The number of esters is 1. The van der Waals surface area contributed by atoms with Crippen LogP contribution in [0.1, 0.15) is 40.1 Å². The fourth-order valence-corrected chi connectivity index (χ4v) is 2.39. The molecule has 0 aliphatic carbocycles. The first-order valence-electron chi connectivity index (χ1n) is 8.13. The summed E-state index contributed by atoms with van der Waals surface area (Å²) in [5.41, 5.74) is 0.675. The molecular formula is C19H19NO7. The van der Waals surface area contributed by atoms with E-state index in [1.807, 2.05) is 6.92 Å². The lowest BCUT2D eigenvalue weighted by molar-refractivity contribution is -0.385. The maximum Gasteiger partial charge on any atom is 0.338 e. The van der Waals surface area contributed by atoms with Crippen molar-refractivity contribution < 1.29 is 28.7 Å². The molecule has 0 unspecified atom stereocenters. The summed E-state index contributed by atoms with van der Waals surface area (Å²) in [5, 5.41) is 11.1. The molecule has 0 aliphatic heterocycles. The third-order valence-electron chi connectivity index (χ3n) is 3.74. The molecule has 8 nitrogen and oxygen atoms in total. The van der Waals surface area contributed by atoms with E-state index in [9.17, 15) is 19.7 Å². The maximum absolute atomic E-state index is 12.3. The zero-order chi connectivity index (χ0) is 20.0. The molecule has 2 aromatic carbocycles. The summed E-state index contributed by atoms with van der Waals surface area (Å²) < 4.78 is 15.6. The average molecular weight is 373 g/mol. The molecule has 2 aromatic rings. The molecule has 27 heavy (non-hydrogen) atoms. The molecule has 142 valence electrons. The molecule has 0 N–H and O–H groups in total. The van der Waals surface area contributed by atoms with Gasteiger partial charge < -0.3 is 14.2 Å². The van der Waals surface area contributed by atoms with Gasteiger partial charge in [0.25, 0.3) is 0 Å². The first-order valence-corrected chi connectivity index (χ1v) is 8.13. The lowest BCUT2D eigenvalue weighted by Gasteiger charge is -2.12. The Morgan fingerprint density at radius 3 is 2.33 bits per heavy atom. The highest BCUT2D eigenvalue weighted by Crippen LogP contribution is 2.28. The molecular weight excluding hydrogens is 354 g/mol. The second-order valence-electron chi connectivity index (χ2n) is 5.53. The quantitative estimate of drug-likeness (QED) is 0.301. The van der Waals surface area contributed by atoms with Crippen LogP contribution in [0, 0.1) is 10.1 Å². The standard InChI is InChI=1S/C19H19NO7/c1-4-26-17-7-5-13(12(2)21)9-15(17)11-27-19(22)14-6-8-18(25-3)16(10-14)20(23)24/h5-10H,4,11H2,1-3H3. The number of carbonyl (C=O) groups excluding carboxylic acids is 2. The summed E-state index contributed by atoms with van der Waals surface area (Å²) in [7, 11) is 1.30. The first-order chi connectivity index (χ1) is 12.9. The van der Waals surface area contributed by atoms with Crippen LogP contribution in [0.2, 0.25) is 0 Å². The van der Waals surface area contributed by atoms with Gasteiger partial charge in [0.1, 0.15) is 12.4 Å². The minimum atomic E-state index is -0.739. The van der Waals surface area contributed by atoms with Gasteiger partial charge in [-0.15, -0.1) is 0 Å². The van der Waals surface area contributed by atoms with Crippen LogP contribution in [-0.2, 0) is 11.3 Å². The second kappa shape index (κ2) is 8.79. The average Bonchev–Trinajstić information content (AvgIpc) is 2.66. The Morgan fingerprint density at radius 1 is 1.07 bits per heavy atom. The van der Waals surface area contributed by atoms with Crippen LogP contribution in [0.4, 0.5) is 5.69 Å². The van der Waals surface area contributed by atoms with Crippen molar-refractivity contribution in [1.29, 1.82) is 0 Å². The molecule has 8 heteroatoms. The van der Waals surface area contributed by atoms with Gasteiger partial charge in [0, 0.05) is 17.2 Å². The molecule has 0 saturated heterocycles. The van der Waals surface area contributed by atoms with E-state index in [4.69, 9.17) is 14.2 Å². The highest BCUT2D eigenvalue weighted by molar-refractivity contribution is 5.94. The van der Waals surface area contributed by atoms with Gasteiger partial charge in [-0.25, -0.2) is 4.79 Å². The van der Waals surface area contributed by atoms with Gasteiger partial charge in [-0.3, -0.25) is 14.9 Å². The molecule has 0 radical (unpaired) electrons. The van der Waals surface area contributed by atoms with Gasteiger partial charge in [0.05, 0.1) is 24.2 Å². The number of hydrogen-bond acceptors (Lipinski definition) is 7.